The van der Waals surface area contributed by atoms with Crippen molar-refractivity contribution in [2.24, 2.45) is 5.92 Å². The molecule has 0 saturated carbocycles. The lowest BCUT2D eigenvalue weighted by atomic mass is 9.98. The van der Waals surface area contributed by atoms with Crippen molar-refractivity contribution in [2.45, 2.75) is 31.6 Å². The lowest BCUT2D eigenvalue weighted by Crippen LogP contribution is -2.43. The number of nitrogens with one attached hydrogen (secondary N) is 1. The molecule has 28 heavy (non-hydrogen) atoms. The summed E-state index contributed by atoms with van der Waals surface area (Å²) in [5, 5.41) is 3.84. The van der Waals surface area contributed by atoms with Crippen LogP contribution in [0.2, 0.25) is 10.0 Å². The van der Waals surface area contributed by atoms with Gasteiger partial charge in [-0.05, 0) is 68.1 Å². The van der Waals surface area contributed by atoms with Crippen molar-refractivity contribution in [3.05, 3.63) is 57.6 Å². The van der Waals surface area contributed by atoms with Crippen molar-refractivity contribution >= 4 is 44.8 Å². The van der Waals surface area contributed by atoms with Crippen LogP contribution in [0.4, 0.5) is 5.69 Å². The van der Waals surface area contributed by atoms with Crippen LogP contribution in [0.3, 0.4) is 0 Å². The molecule has 1 aliphatic rings. The summed E-state index contributed by atoms with van der Waals surface area (Å²) in [5.41, 5.74) is 2.47. The highest BCUT2D eigenvalue weighted by Gasteiger charge is 2.33. The number of halogens is 2. The number of anilines is 1. The van der Waals surface area contributed by atoms with Gasteiger partial charge >= 0.3 is 0 Å². The van der Waals surface area contributed by atoms with E-state index in [1.807, 2.05) is 19.9 Å². The van der Waals surface area contributed by atoms with Crippen LogP contribution >= 0.6 is 23.2 Å². The Balaban J connectivity index is 1.76. The third kappa shape index (κ3) is 4.51. The Labute approximate surface area is 175 Å². The summed E-state index contributed by atoms with van der Waals surface area (Å²) in [6.07, 6.45) is 1.24. The summed E-state index contributed by atoms with van der Waals surface area (Å²) >= 11 is 12.1. The molecule has 8 heteroatoms. The summed E-state index contributed by atoms with van der Waals surface area (Å²) in [6, 6.07) is 9.80. The van der Waals surface area contributed by atoms with Gasteiger partial charge in [-0.1, -0.05) is 29.3 Å². The molecular formula is C20H22Cl2N2O3S. The quantitative estimate of drug-likeness (QED) is 0.751. The van der Waals surface area contributed by atoms with Crippen LogP contribution in [0.15, 0.2) is 41.3 Å². The summed E-state index contributed by atoms with van der Waals surface area (Å²) < 4.78 is 27.2. The van der Waals surface area contributed by atoms with Gasteiger partial charge in [0.1, 0.15) is 0 Å². The number of sulfonamides is 1. The molecule has 0 aromatic heterocycles. The number of hydrogen-bond acceptors (Lipinski definition) is 3. The molecule has 1 amide bonds. The number of amides is 1. The second kappa shape index (κ2) is 8.41. The maximum atomic E-state index is 12.9. The molecule has 0 aliphatic carbocycles. The molecule has 1 atom stereocenters. The Morgan fingerprint density at radius 2 is 1.82 bits per heavy atom. The van der Waals surface area contributed by atoms with E-state index < -0.39 is 15.9 Å². The van der Waals surface area contributed by atoms with Crippen LogP contribution in [0.25, 0.3) is 0 Å². The van der Waals surface area contributed by atoms with Crippen LogP contribution in [-0.2, 0) is 14.8 Å². The number of nitrogens with zero attached hydrogens (tertiary/aromatic N) is 1. The Hall–Kier alpha value is -1.60. The zero-order chi connectivity index (χ0) is 20.5. The summed E-state index contributed by atoms with van der Waals surface area (Å²) in [7, 11) is -3.67. The first-order valence-corrected chi connectivity index (χ1v) is 11.2. The fourth-order valence-corrected chi connectivity index (χ4v) is 5.45. The SMILES string of the molecule is Cc1cc(C)c(NC(=O)C2CCCN(S(=O)(=O)c3ccc(Cl)cc3)C2)c(Cl)c1. The number of aryl methyl sites for hydroxylation is 2. The molecule has 150 valence electrons. The van der Waals surface area contributed by atoms with E-state index >= 15 is 0 Å². The average molecular weight is 441 g/mol. The topological polar surface area (TPSA) is 66.5 Å². The van der Waals surface area contributed by atoms with E-state index in [1.165, 1.54) is 16.4 Å². The summed E-state index contributed by atoms with van der Waals surface area (Å²) in [4.78, 5) is 13.0. The molecule has 3 rings (SSSR count). The summed E-state index contributed by atoms with van der Waals surface area (Å²) in [5.74, 6) is -0.655. The van der Waals surface area contributed by atoms with E-state index in [9.17, 15) is 13.2 Å². The maximum Gasteiger partial charge on any atom is 0.243 e. The van der Waals surface area contributed by atoms with Gasteiger partial charge in [-0.2, -0.15) is 4.31 Å². The van der Waals surface area contributed by atoms with E-state index in [2.05, 4.69) is 5.32 Å². The number of rotatable bonds is 4. The van der Waals surface area contributed by atoms with E-state index in [0.717, 1.165) is 11.1 Å². The first-order valence-electron chi connectivity index (χ1n) is 9.02. The van der Waals surface area contributed by atoms with E-state index in [4.69, 9.17) is 23.2 Å². The number of carbonyl (C=O) groups excluding carboxylic acids is 1. The third-order valence-electron chi connectivity index (χ3n) is 4.89. The molecule has 0 bridgehead atoms. The number of carbonyl (C=O) groups is 1. The predicted molar refractivity (Wildman–Crippen MR) is 112 cm³/mol. The highest BCUT2D eigenvalue weighted by molar-refractivity contribution is 7.89. The molecule has 0 spiro atoms. The average Bonchev–Trinajstić information content (AvgIpc) is 2.65. The first kappa shape index (κ1) is 21.1. The zero-order valence-corrected chi connectivity index (χ0v) is 18.0. The van der Waals surface area contributed by atoms with Crippen molar-refractivity contribution in [1.82, 2.24) is 4.31 Å². The molecule has 2 aromatic rings. The Bertz CT molecular complexity index is 968. The van der Waals surface area contributed by atoms with Crippen molar-refractivity contribution < 1.29 is 13.2 Å². The fraction of sp³-hybridized carbons (Fsp3) is 0.350. The van der Waals surface area contributed by atoms with Gasteiger partial charge < -0.3 is 5.32 Å². The smallest absolute Gasteiger partial charge is 0.243 e. The van der Waals surface area contributed by atoms with Gasteiger partial charge in [0.15, 0.2) is 0 Å². The monoisotopic (exact) mass is 440 g/mol. The maximum absolute atomic E-state index is 12.9. The lowest BCUT2D eigenvalue weighted by molar-refractivity contribution is -0.120. The van der Waals surface area contributed by atoms with Crippen molar-refractivity contribution in [3.63, 3.8) is 0 Å². The van der Waals surface area contributed by atoms with Crippen molar-refractivity contribution in [1.29, 1.82) is 0 Å². The number of benzene rings is 2. The normalized spacial score (nSPS) is 18.1. The first-order chi connectivity index (χ1) is 13.2. The van der Waals surface area contributed by atoms with Crippen LogP contribution in [0.5, 0.6) is 0 Å². The van der Waals surface area contributed by atoms with Crippen LogP contribution in [0.1, 0.15) is 24.0 Å². The molecule has 5 nitrogen and oxygen atoms in total. The number of piperidine rings is 1. The van der Waals surface area contributed by atoms with Gasteiger partial charge in [-0.15, -0.1) is 0 Å². The van der Waals surface area contributed by atoms with Crippen LogP contribution in [0, 0.1) is 19.8 Å². The number of hydrogen-bond donors (Lipinski definition) is 1. The Morgan fingerprint density at radius 3 is 2.46 bits per heavy atom. The van der Waals surface area contributed by atoms with Gasteiger partial charge in [0, 0.05) is 18.1 Å². The van der Waals surface area contributed by atoms with Crippen LogP contribution in [-0.4, -0.2) is 31.7 Å². The molecule has 2 aromatic carbocycles. The Kier molecular flexibility index (Phi) is 6.34. The predicted octanol–water partition coefficient (Wildman–Crippen LogP) is 4.65. The highest BCUT2D eigenvalue weighted by atomic mass is 35.5. The van der Waals surface area contributed by atoms with Gasteiger partial charge in [-0.3, -0.25) is 4.79 Å². The minimum atomic E-state index is -3.67. The molecule has 0 radical (unpaired) electrons. The standard InChI is InChI=1S/C20H22Cl2N2O3S/c1-13-10-14(2)19(18(22)11-13)23-20(25)15-4-3-9-24(12-15)28(26,27)17-7-5-16(21)6-8-17/h5-8,10-11,15H,3-4,9,12H2,1-2H3,(H,23,25). The molecular weight excluding hydrogens is 419 g/mol. The molecule has 1 unspecified atom stereocenters. The molecule has 1 N–H and O–H groups in total. The highest BCUT2D eigenvalue weighted by Crippen LogP contribution is 2.30. The van der Waals surface area contributed by atoms with Crippen LogP contribution < -0.4 is 5.32 Å². The van der Waals surface area contributed by atoms with Crippen molar-refractivity contribution in [3.8, 4) is 0 Å². The lowest BCUT2D eigenvalue weighted by Gasteiger charge is -2.31. The second-order valence-electron chi connectivity index (χ2n) is 7.08. The van der Waals surface area contributed by atoms with Gasteiger partial charge in [-0.25, -0.2) is 8.42 Å². The largest absolute Gasteiger partial charge is 0.324 e. The van der Waals surface area contributed by atoms with E-state index in [1.54, 1.807) is 18.2 Å². The summed E-state index contributed by atoms with van der Waals surface area (Å²) in [6.45, 7) is 4.34. The van der Waals surface area contributed by atoms with E-state index in [-0.39, 0.29) is 17.3 Å². The fourth-order valence-electron chi connectivity index (χ4n) is 3.43. The zero-order valence-electron chi connectivity index (χ0n) is 15.7. The molecule has 1 aliphatic heterocycles. The third-order valence-corrected chi connectivity index (χ3v) is 7.32. The minimum absolute atomic E-state index is 0.138. The Morgan fingerprint density at radius 1 is 1.14 bits per heavy atom. The van der Waals surface area contributed by atoms with Crippen molar-refractivity contribution in [2.75, 3.05) is 18.4 Å². The van der Waals surface area contributed by atoms with Gasteiger partial charge in [0.2, 0.25) is 15.9 Å². The second-order valence-corrected chi connectivity index (χ2v) is 9.87. The van der Waals surface area contributed by atoms with Gasteiger partial charge in [0.05, 0.1) is 21.5 Å². The van der Waals surface area contributed by atoms with Gasteiger partial charge in [0.25, 0.3) is 0 Å². The minimum Gasteiger partial charge on any atom is -0.324 e. The van der Waals surface area contributed by atoms with E-state index in [0.29, 0.717) is 35.1 Å². The molecule has 1 heterocycles. The molecule has 1 saturated heterocycles. The molecule has 1 fully saturated rings.